The van der Waals surface area contributed by atoms with E-state index >= 15 is 0 Å². The number of aryl methyl sites for hydroxylation is 1. The van der Waals surface area contributed by atoms with Gasteiger partial charge in [0.15, 0.2) is 5.78 Å². The number of thiophene rings is 1. The molecule has 0 atom stereocenters. The predicted octanol–water partition coefficient (Wildman–Crippen LogP) is 4.47. The minimum Gasteiger partial charge on any atom is -0.293 e. The Morgan fingerprint density at radius 1 is 1.50 bits per heavy atom. The summed E-state index contributed by atoms with van der Waals surface area (Å²) in [4.78, 5) is 12.4. The lowest BCUT2D eigenvalue weighted by Gasteiger charge is -1.98. The van der Waals surface area contributed by atoms with Crippen molar-refractivity contribution < 1.29 is 4.79 Å². The lowest BCUT2D eigenvalue weighted by Crippen LogP contribution is -1.96. The molecule has 0 saturated heterocycles. The highest BCUT2D eigenvalue weighted by Crippen LogP contribution is 2.28. The van der Waals surface area contributed by atoms with Gasteiger partial charge in [0.25, 0.3) is 0 Å². The van der Waals surface area contributed by atoms with Gasteiger partial charge < -0.3 is 0 Å². The van der Waals surface area contributed by atoms with Gasteiger partial charge in [0.2, 0.25) is 0 Å². The maximum Gasteiger partial charge on any atom is 0.174 e. The first kappa shape index (κ1) is 11.7. The lowest BCUT2D eigenvalue weighted by molar-refractivity contribution is 0.0983. The highest BCUT2D eigenvalue weighted by molar-refractivity contribution is 7.13. The number of unbranched alkanes of at least 4 members (excludes halogenated alkanes) is 2. The second kappa shape index (κ2) is 5.52. The SMILES string of the molecule is CCCCCC(=O)c1scc(C)c1Cl. The molecule has 0 amide bonds. The van der Waals surface area contributed by atoms with Gasteiger partial charge in [-0.3, -0.25) is 4.79 Å². The van der Waals surface area contributed by atoms with Gasteiger partial charge in [-0.15, -0.1) is 11.3 Å². The molecular formula is C11H15ClOS. The van der Waals surface area contributed by atoms with E-state index in [1.165, 1.54) is 11.3 Å². The van der Waals surface area contributed by atoms with E-state index in [-0.39, 0.29) is 5.78 Å². The van der Waals surface area contributed by atoms with Crippen LogP contribution in [0.3, 0.4) is 0 Å². The number of halogens is 1. The van der Waals surface area contributed by atoms with Gasteiger partial charge in [-0.2, -0.15) is 0 Å². The molecule has 0 aliphatic carbocycles. The van der Waals surface area contributed by atoms with Crippen molar-refractivity contribution in [3.05, 3.63) is 20.8 Å². The van der Waals surface area contributed by atoms with Crippen molar-refractivity contribution in [2.24, 2.45) is 0 Å². The monoisotopic (exact) mass is 230 g/mol. The molecule has 14 heavy (non-hydrogen) atoms. The molecule has 0 unspecified atom stereocenters. The molecule has 78 valence electrons. The Labute approximate surface area is 94.1 Å². The summed E-state index contributed by atoms with van der Waals surface area (Å²) in [5.74, 6) is 0.196. The summed E-state index contributed by atoms with van der Waals surface area (Å²) in [7, 11) is 0. The first-order chi connectivity index (χ1) is 6.66. The van der Waals surface area contributed by atoms with Gasteiger partial charge in [0, 0.05) is 6.42 Å². The molecule has 0 radical (unpaired) electrons. The summed E-state index contributed by atoms with van der Waals surface area (Å²) in [6, 6.07) is 0. The summed E-state index contributed by atoms with van der Waals surface area (Å²) in [6.45, 7) is 4.06. The van der Waals surface area contributed by atoms with Crippen LogP contribution in [-0.4, -0.2) is 5.78 Å². The number of rotatable bonds is 5. The summed E-state index contributed by atoms with van der Waals surface area (Å²) < 4.78 is 0. The third-order valence-corrected chi connectivity index (χ3v) is 3.90. The fourth-order valence-electron chi connectivity index (χ4n) is 1.27. The number of carbonyl (C=O) groups excluding carboxylic acids is 1. The third-order valence-electron chi connectivity index (χ3n) is 2.16. The molecule has 1 nitrogen and oxygen atoms in total. The van der Waals surface area contributed by atoms with Gasteiger partial charge >= 0.3 is 0 Å². The fraction of sp³-hybridized carbons (Fsp3) is 0.545. The van der Waals surface area contributed by atoms with E-state index in [0.29, 0.717) is 11.4 Å². The normalized spacial score (nSPS) is 10.5. The number of ketones is 1. The molecule has 0 bridgehead atoms. The molecule has 0 spiro atoms. The quantitative estimate of drug-likeness (QED) is 0.539. The van der Waals surface area contributed by atoms with Crippen LogP contribution in [-0.2, 0) is 0 Å². The number of Topliss-reactive ketones (excluding diaryl/α,β-unsaturated/α-hetero) is 1. The van der Waals surface area contributed by atoms with Crippen molar-refractivity contribution in [1.29, 1.82) is 0 Å². The van der Waals surface area contributed by atoms with Crippen LogP contribution in [0.25, 0.3) is 0 Å². The Kier molecular flexibility index (Phi) is 4.63. The van der Waals surface area contributed by atoms with Crippen LogP contribution in [0, 0.1) is 6.92 Å². The second-order valence-corrected chi connectivity index (χ2v) is 4.70. The topological polar surface area (TPSA) is 17.1 Å². The molecule has 0 fully saturated rings. The molecule has 0 N–H and O–H groups in total. The Morgan fingerprint density at radius 2 is 2.21 bits per heavy atom. The zero-order valence-corrected chi connectivity index (χ0v) is 10.2. The lowest BCUT2D eigenvalue weighted by atomic mass is 10.1. The molecular weight excluding hydrogens is 216 g/mol. The molecule has 1 rings (SSSR count). The van der Waals surface area contributed by atoms with Gasteiger partial charge in [0.05, 0.1) is 9.90 Å². The average molecular weight is 231 g/mol. The smallest absolute Gasteiger partial charge is 0.174 e. The van der Waals surface area contributed by atoms with E-state index in [1.54, 1.807) is 0 Å². The van der Waals surface area contributed by atoms with Crippen LogP contribution in [0.5, 0.6) is 0 Å². The van der Waals surface area contributed by atoms with E-state index in [1.807, 2.05) is 12.3 Å². The van der Waals surface area contributed by atoms with E-state index in [0.717, 1.165) is 29.7 Å². The maximum atomic E-state index is 11.7. The Morgan fingerprint density at radius 3 is 2.71 bits per heavy atom. The predicted molar refractivity (Wildman–Crippen MR) is 62.5 cm³/mol. The van der Waals surface area contributed by atoms with Gasteiger partial charge in [-0.1, -0.05) is 31.4 Å². The summed E-state index contributed by atoms with van der Waals surface area (Å²) in [5, 5.41) is 2.59. The molecule has 1 aromatic heterocycles. The summed E-state index contributed by atoms with van der Waals surface area (Å²) in [5.41, 5.74) is 1.01. The van der Waals surface area contributed by atoms with Crippen molar-refractivity contribution in [3.63, 3.8) is 0 Å². The Bertz CT molecular complexity index is 317. The molecule has 0 aromatic carbocycles. The number of hydrogen-bond donors (Lipinski definition) is 0. The van der Waals surface area contributed by atoms with Crippen molar-refractivity contribution >= 4 is 28.7 Å². The summed E-state index contributed by atoms with van der Waals surface area (Å²) >= 11 is 7.47. The van der Waals surface area contributed by atoms with E-state index in [9.17, 15) is 4.79 Å². The van der Waals surface area contributed by atoms with Gasteiger partial charge in [-0.05, 0) is 24.3 Å². The second-order valence-electron chi connectivity index (χ2n) is 3.44. The van der Waals surface area contributed by atoms with Crippen LogP contribution in [0.4, 0.5) is 0 Å². The first-order valence-electron chi connectivity index (χ1n) is 4.93. The molecule has 1 aromatic rings. The van der Waals surface area contributed by atoms with Crippen molar-refractivity contribution in [1.82, 2.24) is 0 Å². The van der Waals surface area contributed by atoms with Crippen molar-refractivity contribution in [2.45, 2.75) is 39.5 Å². The van der Waals surface area contributed by atoms with Crippen LogP contribution < -0.4 is 0 Å². The summed E-state index contributed by atoms with van der Waals surface area (Å²) in [6.07, 6.45) is 3.87. The zero-order valence-electron chi connectivity index (χ0n) is 8.60. The highest BCUT2D eigenvalue weighted by Gasteiger charge is 2.13. The highest BCUT2D eigenvalue weighted by atomic mass is 35.5. The van der Waals surface area contributed by atoms with Gasteiger partial charge in [0.1, 0.15) is 0 Å². The average Bonchev–Trinajstić information content (AvgIpc) is 2.48. The fourth-order valence-corrected chi connectivity index (χ4v) is 2.54. The standard InChI is InChI=1S/C11H15ClOS/c1-3-4-5-6-9(13)11-10(12)8(2)7-14-11/h7H,3-6H2,1-2H3. The van der Waals surface area contributed by atoms with E-state index in [4.69, 9.17) is 11.6 Å². The van der Waals surface area contributed by atoms with E-state index in [2.05, 4.69) is 6.92 Å². The largest absolute Gasteiger partial charge is 0.293 e. The van der Waals surface area contributed by atoms with Gasteiger partial charge in [-0.25, -0.2) is 0 Å². The number of carbonyl (C=O) groups is 1. The molecule has 1 heterocycles. The molecule has 0 aliphatic rings. The van der Waals surface area contributed by atoms with Crippen molar-refractivity contribution in [3.8, 4) is 0 Å². The molecule has 0 saturated carbocycles. The zero-order chi connectivity index (χ0) is 10.6. The Balaban J connectivity index is 2.56. The first-order valence-corrected chi connectivity index (χ1v) is 6.19. The van der Waals surface area contributed by atoms with Crippen molar-refractivity contribution in [2.75, 3.05) is 0 Å². The molecule has 3 heteroatoms. The molecule has 0 aliphatic heterocycles. The van der Waals surface area contributed by atoms with Crippen LogP contribution >= 0.6 is 22.9 Å². The Hall–Kier alpha value is -0.340. The minimum absolute atomic E-state index is 0.196. The van der Waals surface area contributed by atoms with Crippen LogP contribution in [0.1, 0.15) is 47.8 Å². The van der Waals surface area contributed by atoms with Crippen LogP contribution in [0.2, 0.25) is 5.02 Å². The minimum atomic E-state index is 0.196. The van der Waals surface area contributed by atoms with Crippen LogP contribution in [0.15, 0.2) is 5.38 Å². The maximum absolute atomic E-state index is 11.7. The third kappa shape index (κ3) is 2.82. The van der Waals surface area contributed by atoms with E-state index < -0.39 is 0 Å². The number of hydrogen-bond acceptors (Lipinski definition) is 2.